The van der Waals surface area contributed by atoms with Gasteiger partial charge in [0.15, 0.2) is 0 Å². The largest absolute Gasteiger partial charge is 0.368 e. The maximum absolute atomic E-state index is 12.8. The number of anilines is 1. The lowest BCUT2D eigenvalue weighted by molar-refractivity contribution is -0.128. The lowest BCUT2D eigenvalue weighted by Crippen LogP contribution is -2.45. The van der Waals surface area contributed by atoms with E-state index in [1.165, 1.54) is 5.56 Å². The Morgan fingerprint density at radius 3 is 2.90 bits per heavy atom. The first-order chi connectivity index (χ1) is 10.2. The quantitative estimate of drug-likeness (QED) is 0.929. The van der Waals surface area contributed by atoms with E-state index in [1.54, 1.807) is 0 Å². The maximum Gasteiger partial charge on any atom is 0.256 e. The minimum Gasteiger partial charge on any atom is -0.368 e. The van der Waals surface area contributed by atoms with E-state index in [4.69, 9.17) is 4.74 Å². The predicted octanol–water partition coefficient (Wildman–Crippen LogP) is 2.50. The molecule has 1 N–H and O–H groups in total. The van der Waals surface area contributed by atoms with Gasteiger partial charge in [-0.15, -0.1) is 0 Å². The number of carbonyl (C=O) groups excluding carboxylic acids is 1. The highest BCUT2D eigenvalue weighted by Gasteiger charge is 2.37. The van der Waals surface area contributed by atoms with Gasteiger partial charge >= 0.3 is 0 Å². The summed E-state index contributed by atoms with van der Waals surface area (Å²) in [4.78, 5) is 14.7. The number of rotatable bonds is 3. The molecule has 0 radical (unpaired) electrons. The van der Waals surface area contributed by atoms with Gasteiger partial charge in [0, 0.05) is 24.9 Å². The average Bonchev–Trinajstić information content (AvgIpc) is 2.93. The zero-order chi connectivity index (χ0) is 14.8. The molecule has 1 aromatic rings. The van der Waals surface area contributed by atoms with Crippen molar-refractivity contribution >= 4 is 11.6 Å². The molecule has 1 fully saturated rings. The maximum atomic E-state index is 12.8. The normalized spacial score (nSPS) is 28.5. The van der Waals surface area contributed by atoms with E-state index in [0.717, 1.165) is 31.6 Å². The molecule has 2 heterocycles. The van der Waals surface area contributed by atoms with Gasteiger partial charge in [-0.25, -0.2) is 0 Å². The standard InChI is InChI=1S/C17H24N2O2/c1-3-18-14-8-10-19(15-7-5-4-6-13(14)15)17(20)16-12(2)9-11-21-16/h4-7,12,14,16,18H,3,8-11H2,1-2H3. The van der Waals surface area contributed by atoms with E-state index in [-0.39, 0.29) is 12.0 Å². The first-order valence-corrected chi connectivity index (χ1v) is 7.97. The van der Waals surface area contributed by atoms with Crippen LogP contribution in [0.1, 0.15) is 38.3 Å². The zero-order valence-electron chi connectivity index (χ0n) is 12.8. The molecule has 0 aromatic heterocycles. The van der Waals surface area contributed by atoms with Gasteiger partial charge in [-0.2, -0.15) is 0 Å². The Balaban J connectivity index is 1.87. The van der Waals surface area contributed by atoms with Gasteiger partial charge in [-0.05, 0) is 36.9 Å². The summed E-state index contributed by atoms with van der Waals surface area (Å²) in [6, 6.07) is 8.58. The van der Waals surface area contributed by atoms with Crippen molar-refractivity contribution in [3.63, 3.8) is 0 Å². The molecule has 3 atom stereocenters. The summed E-state index contributed by atoms with van der Waals surface area (Å²) in [5.74, 6) is 0.443. The second-order valence-corrected chi connectivity index (χ2v) is 6.00. The third-order valence-corrected chi connectivity index (χ3v) is 4.59. The second-order valence-electron chi connectivity index (χ2n) is 6.00. The van der Waals surface area contributed by atoms with Crippen LogP contribution in [0, 0.1) is 5.92 Å². The number of hydrogen-bond donors (Lipinski definition) is 1. The van der Waals surface area contributed by atoms with Gasteiger partial charge in [0.2, 0.25) is 0 Å². The lowest BCUT2D eigenvalue weighted by atomic mass is 9.94. The van der Waals surface area contributed by atoms with Crippen LogP contribution in [0.15, 0.2) is 24.3 Å². The number of nitrogens with zero attached hydrogens (tertiary/aromatic N) is 1. The van der Waals surface area contributed by atoms with Gasteiger partial charge in [-0.3, -0.25) is 4.79 Å². The van der Waals surface area contributed by atoms with E-state index in [9.17, 15) is 4.79 Å². The number of benzene rings is 1. The summed E-state index contributed by atoms with van der Waals surface area (Å²) < 4.78 is 5.66. The first kappa shape index (κ1) is 14.5. The number of hydrogen-bond acceptors (Lipinski definition) is 3. The number of para-hydroxylation sites is 1. The summed E-state index contributed by atoms with van der Waals surface area (Å²) in [6.45, 7) is 6.63. The van der Waals surface area contributed by atoms with E-state index in [0.29, 0.717) is 18.6 Å². The van der Waals surface area contributed by atoms with E-state index >= 15 is 0 Å². The van der Waals surface area contributed by atoms with E-state index in [1.807, 2.05) is 17.0 Å². The lowest BCUT2D eigenvalue weighted by Gasteiger charge is -2.36. The first-order valence-electron chi connectivity index (χ1n) is 7.97. The van der Waals surface area contributed by atoms with Gasteiger partial charge in [-0.1, -0.05) is 32.0 Å². The summed E-state index contributed by atoms with van der Waals surface area (Å²) in [6.07, 6.45) is 1.66. The number of carbonyl (C=O) groups is 1. The molecular weight excluding hydrogens is 264 g/mol. The van der Waals surface area contributed by atoms with Crippen molar-refractivity contribution in [2.45, 2.75) is 38.8 Å². The Labute approximate surface area is 126 Å². The molecule has 4 nitrogen and oxygen atoms in total. The Morgan fingerprint density at radius 2 is 2.19 bits per heavy atom. The molecule has 2 aliphatic rings. The van der Waals surface area contributed by atoms with Crippen LogP contribution in [-0.2, 0) is 9.53 Å². The van der Waals surface area contributed by atoms with Crippen molar-refractivity contribution in [1.82, 2.24) is 5.32 Å². The van der Waals surface area contributed by atoms with Crippen LogP contribution in [0.5, 0.6) is 0 Å². The van der Waals surface area contributed by atoms with Gasteiger partial charge < -0.3 is 15.0 Å². The van der Waals surface area contributed by atoms with Gasteiger partial charge in [0.25, 0.3) is 5.91 Å². The average molecular weight is 288 g/mol. The van der Waals surface area contributed by atoms with Gasteiger partial charge in [0.05, 0.1) is 0 Å². The van der Waals surface area contributed by atoms with Gasteiger partial charge in [0.1, 0.15) is 6.10 Å². The SMILES string of the molecule is CCNC1CCN(C(=O)C2OCCC2C)c2ccccc21. The summed E-state index contributed by atoms with van der Waals surface area (Å²) in [5, 5.41) is 3.51. The highest BCUT2D eigenvalue weighted by molar-refractivity contribution is 5.98. The van der Waals surface area contributed by atoms with E-state index in [2.05, 4.69) is 31.3 Å². The van der Waals surface area contributed by atoms with Crippen molar-refractivity contribution in [2.24, 2.45) is 5.92 Å². The number of ether oxygens (including phenoxy) is 1. The summed E-state index contributed by atoms with van der Waals surface area (Å²) in [5.41, 5.74) is 2.27. The van der Waals surface area contributed by atoms with Crippen molar-refractivity contribution in [1.29, 1.82) is 0 Å². The van der Waals surface area contributed by atoms with Crippen LogP contribution in [0.2, 0.25) is 0 Å². The topological polar surface area (TPSA) is 41.6 Å². The minimum atomic E-state index is -0.270. The molecule has 21 heavy (non-hydrogen) atoms. The molecule has 1 amide bonds. The number of fused-ring (bicyclic) bond motifs is 1. The fourth-order valence-electron chi connectivity index (χ4n) is 3.41. The summed E-state index contributed by atoms with van der Waals surface area (Å²) in [7, 11) is 0. The molecule has 3 rings (SSSR count). The van der Waals surface area contributed by atoms with Crippen LogP contribution >= 0.6 is 0 Å². The Bertz CT molecular complexity index is 517. The van der Waals surface area contributed by atoms with Crippen molar-refractivity contribution in [2.75, 3.05) is 24.6 Å². The Hall–Kier alpha value is -1.39. The third-order valence-electron chi connectivity index (χ3n) is 4.59. The zero-order valence-corrected chi connectivity index (χ0v) is 12.8. The van der Waals surface area contributed by atoms with E-state index < -0.39 is 0 Å². The van der Waals surface area contributed by atoms with Crippen molar-refractivity contribution in [3.8, 4) is 0 Å². The van der Waals surface area contributed by atoms with Crippen molar-refractivity contribution in [3.05, 3.63) is 29.8 Å². The van der Waals surface area contributed by atoms with Crippen LogP contribution in [0.4, 0.5) is 5.69 Å². The Kier molecular flexibility index (Phi) is 4.27. The molecular formula is C17H24N2O2. The molecule has 0 spiro atoms. The molecule has 114 valence electrons. The van der Waals surface area contributed by atoms with Crippen LogP contribution in [0.25, 0.3) is 0 Å². The minimum absolute atomic E-state index is 0.127. The predicted molar refractivity (Wildman–Crippen MR) is 83.4 cm³/mol. The highest BCUT2D eigenvalue weighted by Crippen LogP contribution is 2.35. The number of nitrogens with one attached hydrogen (secondary N) is 1. The molecule has 1 aromatic carbocycles. The fourth-order valence-corrected chi connectivity index (χ4v) is 3.41. The molecule has 4 heteroatoms. The van der Waals surface area contributed by atoms with Crippen molar-refractivity contribution < 1.29 is 9.53 Å². The monoisotopic (exact) mass is 288 g/mol. The van der Waals surface area contributed by atoms with Crippen LogP contribution in [-0.4, -0.2) is 31.7 Å². The Morgan fingerprint density at radius 1 is 1.38 bits per heavy atom. The second kappa shape index (κ2) is 6.16. The molecule has 1 saturated heterocycles. The van der Waals surface area contributed by atoms with Crippen LogP contribution in [0.3, 0.4) is 0 Å². The number of amides is 1. The smallest absolute Gasteiger partial charge is 0.256 e. The molecule has 0 saturated carbocycles. The van der Waals surface area contributed by atoms with Crippen LogP contribution < -0.4 is 10.2 Å². The molecule has 0 aliphatic carbocycles. The third kappa shape index (κ3) is 2.70. The summed E-state index contributed by atoms with van der Waals surface area (Å²) >= 11 is 0. The molecule has 0 bridgehead atoms. The molecule has 2 aliphatic heterocycles. The fraction of sp³-hybridized carbons (Fsp3) is 0.588. The highest BCUT2D eigenvalue weighted by atomic mass is 16.5. The molecule has 3 unspecified atom stereocenters.